The third-order valence-corrected chi connectivity index (χ3v) is 3.87. The van der Waals surface area contributed by atoms with Gasteiger partial charge in [-0.1, -0.05) is 11.6 Å². The second kappa shape index (κ2) is 5.81. The van der Waals surface area contributed by atoms with Crippen molar-refractivity contribution in [3.8, 4) is 0 Å². The lowest BCUT2D eigenvalue weighted by Gasteiger charge is -2.17. The largest absolute Gasteiger partial charge is 0.357 e. The Morgan fingerprint density at radius 1 is 1.41 bits per heavy atom. The Balaban J connectivity index is 1.72. The van der Waals surface area contributed by atoms with Crippen molar-refractivity contribution in [1.82, 2.24) is 10.3 Å². The van der Waals surface area contributed by atoms with Crippen molar-refractivity contribution in [2.45, 2.75) is 12.5 Å². The Bertz CT molecular complexity index is 718. The molecule has 22 heavy (non-hydrogen) atoms. The van der Waals surface area contributed by atoms with E-state index in [9.17, 15) is 14.0 Å². The molecule has 2 N–H and O–H groups in total. The molecule has 1 unspecified atom stereocenters. The van der Waals surface area contributed by atoms with E-state index in [1.165, 1.54) is 17.0 Å². The highest BCUT2D eigenvalue weighted by Gasteiger charge is 2.34. The van der Waals surface area contributed by atoms with E-state index < -0.39 is 11.9 Å². The van der Waals surface area contributed by atoms with E-state index in [2.05, 4.69) is 10.3 Å². The van der Waals surface area contributed by atoms with E-state index in [0.717, 1.165) is 0 Å². The summed E-state index contributed by atoms with van der Waals surface area (Å²) in [6.45, 7) is 0.412. The number of hydrogen-bond donors (Lipinski definition) is 2. The van der Waals surface area contributed by atoms with Crippen LogP contribution in [0, 0.1) is 5.82 Å². The normalized spacial score (nSPS) is 17.8. The van der Waals surface area contributed by atoms with Crippen molar-refractivity contribution in [2.75, 3.05) is 11.4 Å². The van der Waals surface area contributed by atoms with Crippen molar-refractivity contribution in [1.29, 1.82) is 0 Å². The van der Waals surface area contributed by atoms with E-state index in [0.29, 0.717) is 24.3 Å². The van der Waals surface area contributed by atoms with Crippen LogP contribution in [0.1, 0.15) is 16.9 Å². The Hall–Kier alpha value is -2.34. The van der Waals surface area contributed by atoms with Crippen LogP contribution in [0.3, 0.4) is 0 Å². The number of amides is 2. The van der Waals surface area contributed by atoms with Crippen molar-refractivity contribution in [3.05, 3.63) is 53.1 Å². The molecule has 1 fully saturated rings. The van der Waals surface area contributed by atoms with E-state index in [-0.39, 0.29) is 16.8 Å². The zero-order chi connectivity index (χ0) is 15.7. The zero-order valence-corrected chi connectivity index (χ0v) is 12.2. The predicted octanol–water partition coefficient (Wildman–Crippen LogP) is 2.34. The number of rotatable bonds is 3. The average Bonchev–Trinajstić information content (AvgIpc) is 3.13. The van der Waals surface area contributed by atoms with Crippen molar-refractivity contribution < 1.29 is 14.0 Å². The number of H-pyrrole nitrogens is 1. The van der Waals surface area contributed by atoms with E-state index in [4.69, 9.17) is 11.6 Å². The lowest BCUT2D eigenvalue weighted by molar-refractivity contribution is -0.118. The Morgan fingerprint density at radius 2 is 2.23 bits per heavy atom. The summed E-state index contributed by atoms with van der Waals surface area (Å²) in [6, 6.07) is 6.92. The number of carbonyl (C=O) groups is 2. The van der Waals surface area contributed by atoms with E-state index in [1.807, 2.05) is 0 Å². The maximum absolute atomic E-state index is 13.5. The van der Waals surface area contributed by atoms with Crippen molar-refractivity contribution >= 4 is 29.1 Å². The van der Waals surface area contributed by atoms with Gasteiger partial charge >= 0.3 is 0 Å². The van der Waals surface area contributed by atoms with Gasteiger partial charge in [-0.15, -0.1) is 0 Å². The predicted molar refractivity (Wildman–Crippen MR) is 80.4 cm³/mol. The number of aromatic amines is 1. The monoisotopic (exact) mass is 321 g/mol. The van der Waals surface area contributed by atoms with Gasteiger partial charge in [0.15, 0.2) is 0 Å². The molecule has 3 rings (SSSR count). The molecule has 0 radical (unpaired) electrons. The minimum atomic E-state index is -0.616. The maximum Gasteiger partial charge on any atom is 0.268 e. The summed E-state index contributed by atoms with van der Waals surface area (Å²) in [6.07, 6.45) is 2.10. The maximum atomic E-state index is 13.5. The molecule has 2 aromatic rings. The van der Waals surface area contributed by atoms with Crippen LogP contribution in [0.2, 0.25) is 5.02 Å². The number of nitrogens with one attached hydrogen (secondary N) is 2. The van der Waals surface area contributed by atoms with Crippen LogP contribution >= 0.6 is 11.6 Å². The first-order valence-corrected chi connectivity index (χ1v) is 7.15. The fourth-order valence-electron chi connectivity index (χ4n) is 2.43. The van der Waals surface area contributed by atoms with Gasteiger partial charge in [-0.05, 0) is 36.8 Å². The van der Waals surface area contributed by atoms with Gasteiger partial charge in [0.05, 0.1) is 5.02 Å². The first-order valence-electron chi connectivity index (χ1n) is 6.77. The highest BCUT2D eigenvalue weighted by Crippen LogP contribution is 2.25. The number of aromatic nitrogens is 1. The van der Waals surface area contributed by atoms with Gasteiger partial charge in [-0.25, -0.2) is 4.39 Å². The molecule has 0 aliphatic carbocycles. The third kappa shape index (κ3) is 2.69. The molecule has 114 valence electrons. The molecule has 5 nitrogen and oxygen atoms in total. The summed E-state index contributed by atoms with van der Waals surface area (Å²) in [7, 11) is 0. The Labute approximate surface area is 131 Å². The van der Waals surface area contributed by atoms with Crippen molar-refractivity contribution in [2.24, 2.45) is 0 Å². The van der Waals surface area contributed by atoms with Crippen LogP contribution in [-0.2, 0) is 4.79 Å². The van der Waals surface area contributed by atoms with Crippen LogP contribution in [-0.4, -0.2) is 29.4 Å². The molecule has 1 saturated heterocycles. The first kappa shape index (κ1) is 14.6. The highest BCUT2D eigenvalue weighted by molar-refractivity contribution is 6.30. The number of halogens is 2. The number of hydrogen-bond acceptors (Lipinski definition) is 2. The van der Waals surface area contributed by atoms with Crippen LogP contribution < -0.4 is 10.2 Å². The molecule has 1 aromatic carbocycles. The molecule has 1 atom stereocenters. The lowest BCUT2D eigenvalue weighted by Crippen LogP contribution is -2.41. The van der Waals surface area contributed by atoms with E-state index in [1.54, 1.807) is 24.4 Å². The molecule has 1 aliphatic rings. The molecule has 0 bridgehead atoms. The quantitative estimate of drug-likeness (QED) is 0.911. The summed E-state index contributed by atoms with van der Waals surface area (Å²) in [5, 5.41) is 2.68. The summed E-state index contributed by atoms with van der Waals surface area (Å²) in [5.41, 5.74) is 0.826. The molecule has 1 aromatic heterocycles. The second-order valence-electron chi connectivity index (χ2n) is 4.99. The highest BCUT2D eigenvalue weighted by atomic mass is 35.5. The fourth-order valence-corrected chi connectivity index (χ4v) is 2.55. The molecular formula is C15H13ClFN3O2. The minimum Gasteiger partial charge on any atom is -0.357 e. The fraction of sp³-hybridized carbons (Fsp3) is 0.200. The summed E-state index contributed by atoms with van der Waals surface area (Å²) in [4.78, 5) is 28.5. The minimum absolute atomic E-state index is 0.00648. The second-order valence-corrected chi connectivity index (χ2v) is 5.39. The van der Waals surface area contributed by atoms with Gasteiger partial charge in [-0.3, -0.25) is 9.59 Å². The number of benzene rings is 1. The zero-order valence-electron chi connectivity index (χ0n) is 11.5. The number of carbonyl (C=O) groups excluding carboxylic acids is 2. The number of nitrogens with zero attached hydrogens (tertiary/aromatic N) is 1. The molecule has 0 spiro atoms. The Morgan fingerprint density at radius 3 is 2.91 bits per heavy atom. The van der Waals surface area contributed by atoms with Gasteiger partial charge in [0.25, 0.3) is 5.91 Å². The summed E-state index contributed by atoms with van der Waals surface area (Å²) in [5.74, 6) is -1.18. The van der Waals surface area contributed by atoms with Gasteiger partial charge in [-0.2, -0.15) is 0 Å². The van der Waals surface area contributed by atoms with Crippen LogP contribution in [0.15, 0.2) is 36.5 Å². The van der Waals surface area contributed by atoms with Crippen LogP contribution in [0.5, 0.6) is 0 Å². The van der Waals surface area contributed by atoms with Crippen molar-refractivity contribution in [3.63, 3.8) is 0 Å². The molecular weight excluding hydrogens is 309 g/mol. The average molecular weight is 322 g/mol. The smallest absolute Gasteiger partial charge is 0.268 e. The van der Waals surface area contributed by atoms with Crippen LogP contribution in [0.25, 0.3) is 0 Å². The topological polar surface area (TPSA) is 65.2 Å². The molecule has 0 saturated carbocycles. The third-order valence-electron chi connectivity index (χ3n) is 3.57. The SMILES string of the molecule is O=C(NC1CCN(c2ccc(Cl)c(F)c2)C1=O)c1ccc[nH]1. The van der Waals surface area contributed by atoms with Gasteiger partial charge in [0.2, 0.25) is 5.91 Å². The number of anilines is 1. The first-order chi connectivity index (χ1) is 10.6. The molecule has 2 amide bonds. The molecule has 2 heterocycles. The standard InChI is InChI=1S/C15H13ClFN3O2/c16-10-4-3-9(8-11(10)17)20-7-5-13(15(20)22)19-14(21)12-2-1-6-18-12/h1-4,6,8,13,18H,5,7H2,(H,19,21). The van der Waals surface area contributed by atoms with Gasteiger partial charge < -0.3 is 15.2 Å². The van der Waals surface area contributed by atoms with E-state index >= 15 is 0 Å². The Kier molecular flexibility index (Phi) is 3.85. The molecule has 7 heteroatoms. The summed E-state index contributed by atoms with van der Waals surface area (Å²) >= 11 is 5.64. The molecule has 1 aliphatic heterocycles. The van der Waals surface area contributed by atoms with Gasteiger partial charge in [0.1, 0.15) is 17.6 Å². The summed E-state index contributed by atoms with van der Waals surface area (Å²) < 4.78 is 13.5. The lowest BCUT2D eigenvalue weighted by atomic mass is 10.2. The van der Waals surface area contributed by atoms with Crippen LogP contribution in [0.4, 0.5) is 10.1 Å². The van der Waals surface area contributed by atoms with Gasteiger partial charge in [0, 0.05) is 18.4 Å².